The predicted octanol–water partition coefficient (Wildman–Crippen LogP) is 3.28. The number of halogens is 1. The third-order valence-corrected chi connectivity index (χ3v) is 5.35. The summed E-state index contributed by atoms with van der Waals surface area (Å²) in [5, 5.41) is 5.62. The largest absolute Gasteiger partial charge is 0.348 e. The molecule has 0 spiro atoms. The Bertz CT molecular complexity index is 871. The van der Waals surface area contributed by atoms with Crippen molar-refractivity contribution in [3.63, 3.8) is 0 Å². The maximum Gasteiger partial charge on any atom is 0.291 e. The van der Waals surface area contributed by atoms with Crippen LogP contribution in [0, 0.1) is 5.82 Å². The summed E-state index contributed by atoms with van der Waals surface area (Å²) in [5.41, 5.74) is 1.24. The van der Waals surface area contributed by atoms with Crippen LogP contribution in [0.25, 0.3) is 0 Å². The number of nitrogens with zero attached hydrogens (tertiary/aromatic N) is 2. The van der Waals surface area contributed by atoms with Gasteiger partial charge in [0.2, 0.25) is 0 Å². The van der Waals surface area contributed by atoms with Crippen molar-refractivity contribution in [3.8, 4) is 0 Å². The molecule has 0 saturated heterocycles. The smallest absolute Gasteiger partial charge is 0.291 e. The summed E-state index contributed by atoms with van der Waals surface area (Å²) in [6.45, 7) is 0.638. The van der Waals surface area contributed by atoms with Gasteiger partial charge in [0.15, 0.2) is 5.82 Å². The molecule has 2 aliphatic rings. The van der Waals surface area contributed by atoms with Crippen LogP contribution in [-0.4, -0.2) is 27.4 Å². The lowest BCUT2D eigenvalue weighted by molar-refractivity contribution is 0.0931. The Balaban J connectivity index is 1.61. The summed E-state index contributed by atoms with van der Waals surface area (Å²) in [5.74, 6) is -1.04. The molecule has 1 aromatic heterocycles. The van der Waals surface area contributed by atoms with Gasteiger partial charge in [0.25, 0.3) is 11.8 Å². The average Bonchev–Trinajstić information content (AvgIpc) is 3.31. The highest BCUT2D eigenvalue weighted by Crippen LogP contribution is 2.24. The summed E-state index contributed by atoms with van der Waals surface area (Å²) in [6, 6.07) is 6.20. The minimum atomic E-state index is -0.504. The molecule has 2 amide bonds. The zero-order chi connectivity index (χ0) is 18.8. The molecule has 27 heavy (non-hydrogen) atoms. The third-order valence-electron chi connectivity index (χ3n) is 5.35. The fourth-order valence-electron chi connectivity index (χ4n) is 3.96. The van der Waals surface area contributed by atoms with Gasteiger partial charge >= 0.3 is 0 Å². The Morgan fingerprint density at radius 2 is 1.85 bits per heavy atom. The molecule has 0 radical (unpaired) electrons. The van der Waals surface area contributed by atoms with Crippen molar-refractivity contribution in [1.29, 1.82) is 0 Å². The standard InChI is InChI=1S/C20H23FN4O2/c21-14-9-3-4-10-15(14)23-20(27)18-24-17(16-11-5-6-12-25(16)18)19(26)22-13-7-1-2-8-13/h3-4,9-10,13H,1-2,5-8,11-12H2,(H,22,26)(H,23,27). The average molecular weight is 370 g/mol. The molecule has 142 valence electrons. The third kappa shape index (κ3) is 3.59. The fourth-order valence-corrected chi connectivity index (χ4v) is 3.96. The van der Waals surface area contributed by atoms with Gasteiger partial charge in [-0.15, -0.1) is 0 Å². The van der Waals surface area contributed by atoms with Crippen molar-refractivity contribution >= 4 is 17.5 Å². The molecule has 0 atom stereocenters. The van der Waals surface area contributed by atoms with Crippen LogP contribution in [0.15, 0.2) is 24.3 Å². The van der Waals surface area contributed by atoms with E-state index in [4.69, 9.17) is 0 Å². The van der Waals surface area contributed by atoms with E-state index < -0.39 is 11.7 Å². The lowest BCUT2D eigenvalue weighted by Crippen LogP contribution is -2.33. The second-order valence-electron chi connectivity index (χ2n) is 7.23. The number of carbonyl (C=O) groups excluding carboxylic acids is 2. The Morgan fingerprint density at radius 1 is 1.07 bits per heavy atom. The van der Waals surface area contributed by atoms with Crippen LogP contribution in [-0.2, 0) is 13.0 Å². The van der Waals surface area contributed by atoms with Crippen LogP contribution in [0.1, 0.15) is 65.3 Å². The number of hydrogen-bond acceptors (Lipinski definition) is 3. The van der Waals surface area contributed by atoms with E-state index in [1.807, 2.05) is 4.57 Å². The number of aromatic nitrogens is 2. The molecular weight excluding hydrogens is 347 g/mol. The van der Waals surface area contributed by atoms with Gasteiger partial charge in [0.05, 0.1) is 11.4 Å². The van der Waals surface area contributed by atoms with E-state index >= 15 is 0 Å². The minimum Gasteiger partial charge on any atom is -0.348 e. The SMILES string of the molecule is O=C(NC1CCCC1)c1nc(C(=O)Nc2ccccc2F)n2c1CCCC2. The zero-order valence-electron chi connectivity index (χ0n) is 15.1. The number of anilines is 1. The topological polar surface area (TPSA) is 76.0 Å². The maximum absolute atomic E-state index is 13.9. The van der Waals surface area contributed by atoms with E-state index in [1.54, 1.807) is 12.1 Å². The summed E-state index contributed by atoms with van der Waals surface area (Å²) in [4.78, 5) is 29.8. The molecule has 2 aromatic rings. The normalized spacial score (nSPS) is 16.8. The number of benzene rings is 1. The molecular formula is C20H23FN4O2. The van der Waals surface area contributed by atoms with Crippen molar-refractivity contribution in [2.24, 2.45) is 0 Å². The number of rotatable bonds is 4. The number of hydrogen-bond donors (Lipinski definition) is 2. The van der Waals surface area contributed by atoms with Crippen LogP contribution in [0.2, 0.25) is 0 Å². The zero-order valence-corrected chi connectivity index (χ0v) is 15.1. The van der Waals surface area contributed by atoms with Crippen molar-refractivity contribution in [2.75, 3.05) is 5.32 Å². The first-order chi connectivity index (χ1) is 13.1. The van der Waals surface area contributed by atoms with E-state index in [2.05, 4.69) is 15.6 Å². The van der Waals surface area contributed by atoms with Crippen molar-refractivity contribution in [1.82, 2.24) is 14.9 Å². The summed E-state index contributed by atoms with van der Waals surface area (Å²) in [7, 11) is 0. The van der Waals surface area contributed by atoms with Crippen LogP contribution in [0.3, 0.4) is 0 Å². The molecule has 1 fully saturated rings. The van der Waals surface area contributed by atoms with Crippen LogP contribution < -0.4 is 10.6 Å². The van der Waals surface area contributed by atoms with Crippen LogP contribution in [0.5, 0.6) is 0 Å². The van der Waals surface area contributed by atoms with E-state index in [0.29, 0.717) is 18.7 Å². The number of imidazole rings is 1. The first-order valence-corrected chi connectivity index (χ1v) is 9.59. The summed E-state index contributed by atoms with van der Waals surface area (Å²) in [6.07, 6.45) is 6.83. The minimum absolute atomic E-state index is 0.104. The number of fused-ring (bicyclic) bond motifs is 1. The van der Waals surface area contributed by atoms with Gasteiger partial charge in [-0.25, -0.2) is 9.37 Å². The van der Waals surface area contributed by atoms with Gasteiger partial charge in [-0.2, -0.15) is 0 Å². The lowest BCUT2D eigenvalue weighted by atomic mass is 10.1. The summed E-state index contributed by atoms with van der Waals surface area (Å²) >= 11 is 0. The molecule has 1 aromatic carbocycles. The number of carbonyl (C=O) groups is 2. The predicted molar refractivity (Wildman–Crippen MR) is 99.2 cm³/mol. The van der Waals surface area contributed by atoms with Gasteiger partial charge in [-0.3, -0.25) is 9.59 Å². The van der Waals surface area contributed by atoms with Crippen LogP contribution >= 0.6 is 0 Å². The van der Waals surface area contributed by atoms with E-state index in [1.165, 1.54) is 12.1 Å². The molecule has 2 heterocycles. The highest BCUT2D eigenvalue weighted by molar-refractivity contribution is 6.03. The van der Waals surface area contributed by atoms with Gasteiger partial charge in [-0.1, -0.05) is 25.0 Å². The van der Waals surface area contributed by atoms with Crippen molar-refractivity contribution in [3.05, 3.63) is 47.3 Å². The van der Waals surface area contributed by atoms with Gasteiger partial charge < -0.3 is 15.2 Å². The number of nitrogens with one attached hydrogen (secondary N) is 2. The van der Waals surface area contributed by atoms with E-state index in [0.717, 1.165) is 44.2 Å². The Hall–Kier alpha value is -2.70. The highest BCUT2D eigenvalue weighted by atomic mass is 19.1. The molecule has 2 N–H and O–H groups in total. The van der Waals surface area contributed by atoms with E-state index in [-0.39, 0.29) is 23.5 Å². The fraction of sp³-hybridized carbons (Fsp3) is 0.450. The Kier molecular flexibility index (Phi) is 4.92. The molecule has 1 aliphatic carbocycles. The molecule has 0 bridgehead atoms. The highest BCUT2D eigenvalue weighted by Gasteiger charge is 2.29. The summed E-state index contributed by atoms with van der Waals surface area (Å²) < 4.78 is 15.7. The molecule has 1 saturated carbocycles. The monoisotopic (exact) mass is 370 g/mol. The quantitative estimate of drug-likeness (QED) is 0.867. The first-order valence-electron chi connectivity index (χ1n) is 9.59. The number of para-hydroxylation sites is 1. The Morgan fingerprint density at radius 3 is 2.63 bits per heavy atom. The second-order valence-corrected chi connectivity index (χ2v) is 7.23. The second kappa shape index (κ2) is 7.50. The molecule has 1 aliphatic heterocycles. The maximum atomic E-state index is 13.9. The van der Waals surface area contributed by atoms with Crippen molar-refractivity contribution in [2.45, 2.75) is 57.5 Å². The lowest BCUT2D eigenvalue weighted by Gasteiger charge is -2.17. The molecule has 6 nitrogen and oxygen atoms in total. The van der Waals surface area contributed by atoms with Gasteiger partial charge in [0, 0.05) is 12.6 Å². The van der Waals surface area contributed by atoms with Crippen LogP contribution in [0.4, 0.5) is 10.1 Å². The molecule has 0 unspecified atom stereocenters. The molecule has 7 heteroatoms. The molecule has 4 rings (SSSR count). The Labute approximate surface area is 157 Å². The van der Waals surface area contributed by atoms with Crippen molar-refractivity contribution < 1.29 is 14.0 Å². The van der Waals surface area contributed by atoms with Gasteiger partial charge in [0.1, 0.15) is 11.5 Å². The number of amides is 2. The van der Waals surface area contributed by atoms with E-state index in [9.17, 15) is 14.0 Å². The van der Waals surface area contributed by atoms with Gasteiger partial charge in [-0.05, 0) is 44.2 Å². The first kappa shape index (κ1) is 17.7.